The van der Waals surface area contributed by atoms with Gasteiger partial charge >= 0.3 is 0 Å². The number of halogens is 1. The molecule has 2 rings (SSSR count). The zero-order chi connectivity index (χ0) is 17.5. The molecule has 0 spiro atoms. The Morgan fingerprint density at radius 2 is 1.88 bits per heavy atom. The van der Waals surface area contributed by atoms with Crippen molar-refractivity contribution in [3.8, 4) is 0 Å². The van der Waals surface area contributed by atoms with Crippen molar-refractivity contribution in [1.82, 2.24) is 15.5 Å². The minimum atomic E-state index is -0.317. The number of carbonyl (C=O) groups excluding carboxylic acids is 2. The number of nitrogens with zero attached hydrogens (tertiary/aromatic N) is 1. The lowest BCUT2D eigenvalue weighted by Crippen LogP contribution is -2.42. The van der Waals surface area contributed by atoms with Gasteiger partial charge in [-0.3, -0.25) is 9.59 Å². The summed E-state index contributed by atoms with van der Waals surface area (Å²) in [6.07, 6.45) is 2.33. The summed E-state index contributed by atoms with van der Waals surface area (Å²) in [7, 11) is 1.96. The van der Waals surface area contributed by atoms with E-state index in [0.29, 0.717) is 10.9 Å². The summed E-state index contributed by atoms with van der Waals surface area (Å²) in [4.78, 5) is 26.0. The van der Waals surface area contributed by atoms with E-state index in [1.807, 2.05) is 24.1 Å². The van der Waals surface area contributed by atoms with Crippen LogP contribution in [-0.2, 0) is 9.59 Å². The third kappa shape index (κ3) is 5.49. The Balaban J connectivity index is 1.97. The van der Waals surface area contributed by atoms with Gasteiger partial charge < -0.3 is 15.5 Å². The van der Waals surface area contributed by atoms with Gasteiger partial charge in [0.2, 0.25) is 11.8 Å². The number of hydrogen-bond donors (Lipinski definition) is 2. The van der Waals surface area contributed by atoms with Crippen LogP contribution in [0.25, 0.3) is 0 Å². The molecule has 132 valence electrons. The Hall–Kier alpha value is -1.59. The van der Waals surface area contributed by atoms with Crippen LogP contribution in [0.2, 0.25) is 5.02 Å². The van der Waals surface area contributed by atoms with Gasteiger partial charge in [-0.15, -0.1) is 0 Å². The Morgan fingerprint density at radius 1 is 1.25 bits per heavy atom. The van der Waals surface area contributed by atoms with Crippen molar-refractivity contribution >= 4 is 23.4 Å². The number of likely N-dealkylation sites (tertiary alicyclic amines) is 1. The smallest absolute Gasteiger partial charge is 0.224 e. The van der Waals surface area contributed by atoms with Gasteiger partial charge in [-0.1, -0.05) is 23.7 Å². The first-order valence-corrected chi connectivity index (χ1v) is 8.82. The molecule has 2 amide bonds. The van der Waals surface area contributed by atoms with Crippen molar-refractivity contribution in [3.05, 3.63) is 34.9 Å². The molecular weight excluding hydrogens is 326 g/mol. The molecule has 24 heavy (non-hydrogen) atoms. The molecule has 1 aliphatic heterocycles. The van der Waals surface area contributed by atoms with Gasteiger partial charge in [0, 0.05) is 25.0 Å². The summed E-state index contributed by atoms with van der Waals surface area (Å²) in [5.74, 6) is 0.587. The summed E-state index contributed by atoms with van der Waals surface area (Å²) in [6.45, 7) is 4.05. The van der Waals surface area contributed by atoms with Gasteiger partial charge in [-0.25, -0.2) is 0 Å². The van der Waals surface area contributed by atoms with Crippen molar-refractivity contribution in [2.24, 2.45) is 5.92 Å². The molecule has 1 saturated heterocycles. The van der Waals surface area contributed by atoms with Crippen LogP contribution in [0, 0.1) is 5.92 Å². The average Bonchev–Trinajstić information content (AvgIpc) is 2.55. The van der Waals surface area contributed by atoms with Crippen LogP contribution in [0.15, 0.2) is 24.3 Å². The molecule has 2 N–H and O–H groups in total. The van der Waals surface area contributed by atoms with E-state index in [1.165, 1.54) is 6.92 Å². The first-order chi connectivity index (χ1) is 11.5. The molecular formula is C18H26ClN3O2. The normalized spacial score (nSPS) is 16.7. The number of hydrogen-bond acceptors (Lipinski definition) is 3. The zero-order valence-electron chi connectivity index (χ0n) is 14.3. The maximum Gasteiger partial charge on any atom is 0.224 e. The SMILES string of the molecule is CNCC1CCN(C(=O)CC(NC(C)=O)c2ccc(Cl)cc2)CC1. The lowest BCUT2D eigenvalue weighted by atomic mass is 9.96. The predicted octanol–water partition coefficient (Wildman–Crippen LogP) is 2.37. The fourth-order valence-electron chi connectivity index (χ4n) is 3.17. The standard InChI is InChI=1S/C18H26ClN3O2/c1-13(23)21-17(15-3-5-16(19)6-4-15)11-18(24)22-9-7-14(8-10-22)12-20-2/h3-6,14,17,20H,7-12H2,1-2H3,(H,21,23). The first-order valence-electron chi connectivity index (χ1n) is 8.44. The van der Waals surface area contributed by atoms with Crippen LogP contribution in [0.5, 0.6) is 0 Å². The Labute approximate surface area is 148 Å². The lowest BCUT2D eigenvalue weighted by molar-refractivity contribution is -0.133. The fourth-order valence-corrected chi connectivity index (χ4v) is 3.30. The van der Waals surface area contributed by atoms with Crippen molar-refractivity contribution in [2.45, 2.75) is 32.2 Å². The van der Waals surface area contributed by atoms with Gasteiger partial charge in [0.05, 0.1) is 12.5 Å². The monoisotopic (exact) mass is 351 g/mol. The van der Waals surface area contributed by atoms with Gasteiger partial charge in [0.15, 0.2) is 0 Å². The summed E-state index contributed by atoms with van der Waals surface area (Å²) in [6, 6.07) is 6.95. The number of piperidine rings is 1. The van der Waals surface area contributed by atoms with Gasteiger partial charge in [-0.05, 0) is 50.0 Å². The third-order valence-corrected chi connectivity index (χ3v) is 4.74. The second-order valence-corrected chi connectivity index (χ2v) is 6.83. The highest BCUT2D eigenvalue weighted by Crippen LogP contribution is 2.23. The maximum atomic E-state index is 12.6. The lowest BCUT2D eigenvalue weighted by Gasteiger charge is -2.33. The van der Waals surface area contributed by atoms with Crippen molar-refractivity contribution < 1.29 is 9.59 Å². The van der Waals surface area contributed by atoms with Crippen LogP contribution in [-0.4, -0.2) is 43.4 Å². The molecule has 6 heteroatoms. The van der Waals surface area contributed by atoms with Crippen molar-refractivity contribution in [1.29, 1.82) is 0 Å². The number of carbonyl (C=O) groups is 2. The summed E-state index contributed by atoms with van der Waals surface area (Å²) >= 11 is 5.92. The fraction of sp³-hybridized carbons (Fsp3) is 0.556. The molecule has 0 radical (unpaired) electrons. The Kier molecular flexibility index (Phi) is 7.06. The van der Waals surface area contributed by atoms with Gasteiger partial charge in [-0.2, -0.15) is 0 Å². The van der Waals surface area contributed by atoms with Crippen LogP contribution < -0.4 is 10.6 Å². The largest absolute Gasteiger partial charge is 0.349 e. The molecule has 1 aromatic carbocycles. The molecule has 5 nitrogen and oxygen atoms in total. The summed E-state index contributed by atoms with van der Waals surface area (Å²) in [5, 5.41) is 6.71. The second-order valence-electron chi connectivity index (χ2n) is 6.39. The molecule has 1 aliphatic rings. The van der Waals surface area contributed by atoms with E-state index in [-0.39, 0.29) is 24.3 Å². The minimum Gasteiger partial charge on any atom is -0.349 e. The highest BCUT2D eigenvalue weighted by molar-refractivity contribution is 6.30. The molecule has 0 aromatic heterocycles. The van der Waals surface area contributed by atoms with Gasteiger partial charge in [0.1, 0.15) is 0 Å². The number of rotatable bonds is 6. The van der Waals surface area contributed by atoms with Crippen molar-refractivity contribution in [2.75, 3.05) is 26.7 Å². The van der Waals surface area contributed by atoms with E-state index in [1.54, 1.807) is 12.1 Å². The Bertz CT molecular complexity index is 554. The van der Waals surface area contributed by atoms with Crippen molar-refractivity contribution in [3.63, 3.8) is 0 Å². The summed E-state index contributed by atoms with van der Waals surface area (Å²) < 4.78 is 0. The molecule has 1 aromatic rings. The summed E-state index contributed by atoms with van der Waals surface area (Å²) in [5.41, 5.74) is 0.896. The molecule has 1 fully saturated rings. The quantitative estimate of drug-likeness (QED) is 0.827. The topological polar surface area (TPSA) is 61.4 Å². The maximum absolute atomic E-state index is 12.6. The number of benzene rings is 1. The Morgan fingerprint density at radius 3 is 2.42 bits per heavy atom. The third-order valence-electron chi connectivity index (χ3n) is 4.49. The van der Waals surface area contributed by atoms with E-state index >= 15 is 0 Å². The molecule has 0 saturated carbocycles. The molecule has 1 heterocycles. The molecule has 1 atom stereocenters. The number of nitrogens with one attached hydrogen (secondary N) is 2. The minimum absolute atomic E-state index is 0.0895. The molecule has 1 unspecified atom stereocenters. The van der Waals surface area contributed by atoms with E-state index in [9.17, 15) is 9.59 Å². The van der Waals surface area contributed by atoms with Crippen LogP contribution >= 0.6 is 11.6 Å². The first kappa shape index (κ1) is 18.7. The highest BCUT2D eigenvalue weighted by Gasteiger charge is 2.25. The van der Waals surface area contributed by atoms with Gasteiger partial charge in [0.25, 0.3) is 0 Å². The van der Waals surface area contributed by atoms with Crippen LogP contribution in [0.1, 0.15) is 37.8 Å². The highest BCUT2D eigenvalue weighted by atomic mass is 35.5. The van der Waals surface area contributed by atoms with Crippen LogP contribution in [0.3, 0.4) is 0 Å². The number of amides is 2. The second kappa shape index (κ2) is 9.04. The van der Waals surface area contributed by atoms with E-state index in [0.717, 1.165) is 38.0 Å². The predicted molar refractivity (Wildman–Crippen MR) is 95.9 cm³/mol. The van der Waals surface area contributed by atoms with E-state index in [4.69, 9.17) is 11.6 Å². The molecule has 0 aliphatic carbocycles. The zero-order valence-corrected chi connectivity index (χ0v) is 15.1. The molecule has 0 bridgehead atoms. The van der Waals surface area contributed by atoms with E-state index < -0.39 is 0 Å². The average molecular weight is 352 g/mol. The van der Waals surface area contributed by atoms with E-state index in [2.05, 4.69) is 10.6 Å². The van der Waals surface area contributed by atoms with Crippen LogP contribution in [0.4, 0.5) is 0 Å².